The Morgan fingerprint density at radius 1 is 1.29 bits per heavy atom. The molecule has 0 aromatic carbocycles. The quantitative estimate of drug-likeness (QED) is 0.544. The van der Waals surface area contributed by atoms with Crippen LogP contribution in [0.5, 0.6) is 11.5 Å². The number of aromatic nitrogens is 3. The van der Waals surface area contributed by atoms with E-state index in [0.717, 1.165) is 16.6 Å². The Hall–Kier alpha value is -1.72. The summed E-state index contributed by atoms with van der Waals surface area (Å²) in [5.41, 5.74) is 8.43. The van der Waals surface area contributed by atoms with Crippen LogP contribution in [0.3, 0.4) is 0 Å². The number of nitrogen functional groups attached to an aromatic ring is 1. The van der Waals surface area contributed by atoms with Crippen molar-refractivity contribution in [3.63, 3.8) is 0 Å². The van der Waals surface area contributed by atoms with Crippen molar-refractivity contribution in [3.05, 3.63) is 36.3 Å². The molecule has 3 N–H and O–H groups in total. The summed E-state index contributed by atoms with van der Waals surface area (Å²) < 4.78 is 13.1. The van der Waals surface area contributed by atoms with Gasteiger partial charge < -0.3 is 20.5 Å². The highest BCUT2D eigenvalue weighted by Gasteiger charge is 2.12. The third-order valence-electron chi connectivity index (χ3n) is 3.44. The van der Waals surface area contributed by atoms with Crippen molar-refractivity contribution in [1.29, 1.82) is 0 Å². The standard InChI is InChI=1S/C15H16IN5O2S/c1-18-13-4-11(5-19-14(13)17)23-10-3-12-9(8-22-2)7-21(24-16)15(12)20-6-10/h3-7,18H,8H2,1-2H3,(H2,17,19). The summed E-state index contributed by atoms with van der Waals surface area (Å²) in [6, 6.07) is 3.75. The predicted molar refractivity (Wildman–Crippen MR) is 106 cm³/mol. The summed E-state index contributed by atoms with van der Waals surface area (Å²) in [7, 11) is 5.02. The molecule has 3 rings (SSSR count). The first-order valence-electron chi connectivity index (χ1n) is 7.05. The van der Waals surface area contributed by atoms with Crippen LogP contribution in [-0.4, -0.2) is 28.1 Å². The van der Waals surface area contributed by atoms with Crippen LogP contribution in [0.2, 0.25) is 0 Å². The van der Waals surface area contributed by atoms with Gasteiger partial charge in [-0.3, -0.25) is 3.97 Å². The van der Waals surface area contributed by atoms with Crippen molar-refractivity contribution in [2.24, 2.45) is 0 Å². The molecule has 0 atom stereocenters. The Bertz CT molecular complexity index is 870. The predicted octanol–water partition coefficient (Wildman–Crippen LogP) is 3.84. The Labute approximate surface area is 155 Å². The lowest BCUT2D eigenvalue weighted by Crippen LogP contribution is -1.99. The van der Waals surface area contributed by atoms with Crippen molar-refractivity contribution in [3.8, 4) is 11.5 Å². The van der Waals surface area contributed by atoms with Gasteiger partial charge in [-0.15, -0.1) is 0 Å². The molecular weight excluding hydrogens is 441 g/mol. The van der Waals surface area contributed by atoms with E-state index in [2.05, 4.69) is 36.5 Å². The molecule has 0 radical (unpaired) electrons. The molecule has 0 amide bonds. The number of nitrogens with zero attached hydrogens (tertiary/aromatic N) is 3. The van der Waals surface area contributed by atoms with Gasteiger partial charge in [0, 0.05) is 67.7 Å². The number of ether oxygens (including phenoxy) is 2. The van der Waals surface area contributed by atoms with E-state index in [0.29, 0.717) is 29.6 Å². The average molecular weight is 457 g/mol. The highest BCUT2D eigenvalue weighted by Crippen LogP contribution is 2.32. The van der Waals surface area contributed by atoms with Crippen molar-refractivity contribution in [2.45, 2.75) is 6.61 Å². The zero-order valence-electron chi connectivity index (χ0n) is 13.1. The van der Waals surface area contributed by atoms with Crippen molar-refractivity contribution < 1.29 is 9.47 Å². The first kappa shape index (κ1) is 17.1. The van der Waals surface area contributed by atoms with E-state index in [-0.39, 0.29) is 0 Å². The summed E-state index contributed by atoms with van der Waals surface area (Å²) in [5.74, 6) is 1.65. The monoisotopic (exact) mass is 457 g/mol. The van der Waals surface area contributed by atoms with Gasteiger partial charge in [-0.25, -0.2) is 9.97 Å². The zero-order valence-corrected chi connectivity index (χ0v) is 16.1. The number of hydrogen-bond acceptors (Lipinski definition) is 7. The lowest BCUT2D eigenvalue weighted by atomic mass is 10.2. The number of hydrogen-bond donors (Lipinski definition) is 2. The molecule has 3 aromatic rings. The van der Waals surface area contributed by atoms with E-state index >= 15 is 0 Å². The Balaban J connectivity index is 1.97. The van der Waals surface area contributed by atoms with Gasteiger partial charge in [0.25, 0.3) is 0 Å². The van der Waals surface area contributed by atoms with E-state index < -0.39 is 0 Å². The van der Waals surface area contributed by atoms with Gasteiger partial charge in [-0.1, -0.05) is 0 Å². The number of nitrogens with two attached hydrogens (primary N) is 1. The maximum atomic E-state index is 5.88. The lowest BCUT2D eigenvalue weighted by Gasteiger charge is -2.09. The minimum absolute atomic E-state index is 0.428. The molecule has 3 aromatic heterocycles. The molecule has 0 spiro atoms. The summed E-state index contributed by atoms with van der Waals surface area (Å²) in [5, 5.41) is 3.98. The summed E-state index contributed by atoms with van der Waals surface area (Å²) in [6.45, 7) is 0.513. The molecule has 0 saturated heterocycles. The van der Waals surface area contributed by atoms with E-state index in [9.17, 15) is 0 Å². The Morgan fingerprint density at radius 2 is 2.04 bits per heavy atom. The summed E-state index contributed by atoms with van der Waals surface area (Å²) in [6.07, 6.45) is 5.30. The number of fused-ring (bicyclic) bond motifs is 1. The normalized spacial score (nSPS) is 11.0. The van der Waals surface area contributed by atoms with Gasteiger partial charge in [-0.2, -0.15) is 0 Å². The minimum atomic E-state index is 0.428. The molecular formula is C15H16IN5O2S. The van der Waals surface area contributed by atoms with E-state index in [1.54, 1.807) is 41.7 Å². The van der Waals surface area contributed by atoms with Crippen LogP contribution in [0.1, 0.15) is 5.56 Å². The van der Waals surface area contributed by atoms with E-state index in [4.69, 9.17) is 15.2 Å². The fourth-order valence-corrected chi connectivity index (χ4v) is 3.63. The molecule has 0 saturated carbocycles. The third-order valence-corrected chi connectivity index (χ3v) is 5.14. The average Bonchev–Trinajstić information content (AvgIpc) is 2.94. The highest BCUT2D eigenvalue weighted by molar-refractivity contribution is 14.2. The van der Waals surface area contributed by atoms with Crippen LogP contribution in [0, 0.1) is 0 Å². The molecule has 3 heterocycles. The van der Waals surface area contributed by atoms with Crippen LogP contribution < -0.4 is 15.8 Å². The van der Waals surface area contributed by atoms with Gasteiger partial charge in [0.1, 0.15) is 17.3 Å². The van der Waals surface area contributed by atoms with Gasteiger partial charge >= 0.3 is 0 Å². The first-order valence-corrected chi connectivity index (χ1v) is 10.4. The second-order valence-corrected chi connectivity index (χ2v) is 6.69. The van der Waals surface area contributed by atoms with Crippen molar-refractivity contribution in [1.82, 2.24) is 13.9 Å². The maximum absolute atomic E-state index is 5.88. The van der Waals surface area contributed by atoms with Crippen molar-refractivity contribution in [2.75, 3.05) is 25.2 Å². The molecule has 24 heavy (non-hydrogen) atoms. The number of anilines is 2. The minimum Gasteiger partial charge on any atom is -0.454 e. The number of halogens is 1. The lowest BCUT2D eigenvalue weighted by molar-refractivity contribution is 0.186. The fourth-order valence-electron chi connectivity index (χ4n) is 2.35. The second-order valence-electron chi connectivity index (χ2n) is 4.98. The number of pyridine rings is 2. The highest BCUT2D eigenvalue weighted by atomic mass is 127. The SMILES string of the molecule is CNc1cc(Oc2cnc3c(c2)c(COC)cn3SI)cnc1N. The molecule has 0 aliphatic rings. The number of rotatable bonds is 6. The second kappa shape index (κ2) is 7.45. The first-order chi connectivity index (χ1) is 11.7. The van der Waals surface area contributed by atoms with Gasteiger partial charge in [0.05, 0.1) is 24.7 Å². The molecule has 9 heteroatoms. The van der Waals surface area contributed by atoms with Crippen molar-refractivity contribution >= 4 is 52.9 Å². The summed E-state index contributed by atoms with van der Waals surface area (Å²) >= 11 is 2.22. The number of methoxy groups -OCH3 is 1. The van der Waals surface area contributed by atoms with E-state index in [1.165, 1.54) is 0 Å². The van der Waals surface area contributed by atoms with Crippen LogP contribution in [0.25, 0.3) is 11.0 Å². The molecule has 0 bridgehead atoms. The Kier molecular flexibility index (Phi) is 5.31. The van der Waals surface area contributed by atoms with E-state index in [1.807, 2.05) is 16.2 Å². The van der Waals surface area contributed by atoms with Gasteiger partial charge in [0.2, 0.25) is 0 Å². The summed E-state index contributed by atoms with van der Waals surface area (Å²) in [4.78, 5) is 8.62. The van der Waals surface area contributed by atoms with Crippen LogP contribution in [0.15, 0.2) is 30.7 Å². The molecule has 0 aliphatic carbocycles. The molecule has 7 nitrogen and oxygen atoms in total. The topological polar surface area (TPSA) is 87.2 Å². The van der Waals surface area contributed by atoms with Crippen LogP contribution in [0.4, 0.5) is 11.5 Å². The van der Waals surface area contributed by atoms with Gasteiger partial charge in [-0.05, 0) is 6.07 Å². The largest absolute Gasteiger partial charge is 0.454 e. The Morgan fingerprint density at radius 3 is 2.75 bits per heavy atom. The molecule has 0 fully saturated rings. The maximum Gasteiger partial charge on any atom is 0.151 e. The third kappa shape index (κ3) is 3.37. The van der Waals surface area contributed by atoms with Gasteiger partial charge in [0.15, 0.2) is 5.65 Å². The molecule has 126 valence electrons. The smallest absolute Gasteiger partial charge is 0.151 e. The number of nitrogens with one attached hydrogen (secondary N) is 1. The van der Waals surface area contributed by atoms with Crippen LogP contribution >= 0.6 is 30.3 Å². The zero-order chi connectivity index (χ0) is 17.1. The molecule has 0 unspecified atom stereocenters. The fraction of sp³-hybridized carbons (Fsp3) is 0.200. The molecule has 0 aliphatic heterocycles. The van der Waals surface area contributed by atoms with Crippen LogP contribution in [-0.2, 0) is 11.3 Å².